The highest BCUT2D eigenvalue weighted by Gasteiger charge is 2.26. The van der Waals surface area contributed by atoms with Crippen LogP contribution < -0.4 is 5.32 Å². The van der Waals surface area contributed by atoms with E-state index in [1.54, 1.807) is 0 Å². The van der Waals surface area contributed by atoms with Crippen molar-refractivity contribution in [2.75, 3.05) is 32.0 Å². The number of likely N-dealkylation sites (N-methyl/N-ethyl adjacent to an activating group) is 1. The number of nitrogens with one attached hydrogen (secondary N) is 1. The maximum absolute atomic E-state index is 12.4. The first kappa shape index (κ1) is 18.4. The zero-order chi connectivity index (χ0) is 17.5. The van der Waals surface area contributed by atoms with E-state index in [2.05, 4.69) is 10.2 Å². The van der Waals surface area contributed by atoms with E-state index in [0.717, 1.165) is 38.0 Å². The van der Waals surface area contributed by atoms with Gasteiger partial charge in [-0.2, -0.15) is 0 Å². The number of anilines is 1. The fourth-order valence-corrected chi connectivity index (χ4v) is 3.21. The highest BCUT2D eigenvalue weighted by atomic mass is 16.4. The maximum Gasteiger partial charge on any atom is 0.317 e. The molecule has 1 amide bonds. The molecule has 1 fully saturated rings. The van der Waals surface area contributed by atoms with E-state index in [9.17, 15) is 9.59 Å². The van der Waals surface area contributed by atoms with Gasteiger partial charge in [0.15, 0.2) is 0 Å². The number of rotatable bonds is 6. The van der Waals surface area contributed by atoms with Crippen LogP contribution in [0.25, 0.3) is 0 Å². The molecule has 1 aliphatic heterocycles. The molecule has 1 saturated heterocycles. The van der Waals surface area contributed by atoms with Crippen LogP contribution in [0, 0.1) is 0 Å². The standard InChI is InChI=1S/C18H27N3O3/c1-14(18(24)19-15-7-4-3-5-8-15)21-11-6-9-16(10-12-21)20(2)13-17(22)23/h3-5,7-8,14,16H,6,9-13H2,1-2H3,(H,19,24)(H,22,23). The van der Waals surface area contributed by atoms with Gasteiger partial charge in [-0.3, -0.25) is 19.4 Å². The first-order valence-electron chi connectivity index (χ1n) is 8.49. The van der Waals surface area contributed by atoms with Crippen LogP contribution in [0.5, 0.6) is 0 Å². The Morgan fingerprint density at radius 3 is 2.67 bits per heavy atom. The molecule has 1 aliphatic rings. The van der Waals surface area contributed by atoms with Crippen LogP contribution in [0.2, 0.25) is 0 Å². The molecule has 0 aromatic heterocycles. The quantitative estimate of drug-likeness (QED) is 0.832. The fraction of sp³-hybridized carbons (Fsp3) is 0.556. The number of carbonyl (C=O) groups excluding carboxylic acids is 1. The smallest absolute Gasteiger partial charge is 0.317 e. The first-order valence-corrected chi connectivity index (χ1v) is 8.49. The molecule has 2 atom stereocenters. The summed E-state index contributed by atoms with van der Waals surface area (Å²) in [7, 11) is 1.86. The number of likely N-dealkylation sites (tertiary alicyclic amines) is 1. The normalized spacial score (nSPS) is 20.4. The van der Waals surface area contributed by atoms with Gasteiger partial charge in [-0.25, -0.2) is 0 Å². The monoisotopic (exact) mass is 333 g/mol. The molecule has 6 heteroatoms. The van der Waals surface area contributed by atoms with E-state index in [-0.39, 0.29) is 24.5 Å². The van der Waals surface area contributed by atoms with Gasteiger partial charge in [0.1, 0.15) is 0 Å². The molecule has 6 nitrogen and oxygen atoms in total. The Hall–Kier alpha value is -1.92. The lowest BCUT2D eigenvalue weighted by molar-refractivity contribution is -0.138. The molecule has 2 N–H and O–H groups in total. The average Bonchev–Trinajstić information content (AvgIpc) is 2.80. The lowest BCUT2D eigenvalue weighted by atomic mass is 10.1. The minimum absolute atomic E-state index is 0.00135. The van der Waals surface area contributed by atoms with Crippen molar-refractivity contribution < 1.29 is 14.7 Å². The summed E-state index contributed by atoms with van der Waals surface area (Å²) in [6, 6.07) is 9.53. The minimum Gasteiger partial charge on any atom is -0.480 e. The molecular formula is C18H27N3O3. The molecule has 0 spiro atoms. The lowest BCUT2D eigenvalue weighted by Crippen LogP contribution is -2.43. The third-order valence-electron chi connectivity index (χ3n) is 4.71. The summed E-state index contributed by atoms with van der Waals surface area (Å²) >= 11 is 0. The summed E-state index contributed by atoms with van der Waals surface area (Å²) in [5.74, 6) is -0.798. The molecule has 132 valence electrons. The Bertz CT molecular complexity index is 550. The van der Waals surface area contributed by atoms with Gasteiger partial charge in [0.2, 0.25) is 5.91 Å². The molecule has 0 radical (unpaired) electrons. The van der Waals surface area contributed by atoms with E-state index >= 15 is 0 Å². The molecule has 0 saturated carbocycles. The fourth-order valence-electron chi connectivity index (χ4n) is 3.21. The minimum atomic E-state index is -0.797. The zero-order valence-electron chi connectivity index (χ0n) is 14.4. The third-order valence-corrected chi connectivity index (χ3v) is 4.71. The number of hydrogen-bond donors (Lipinski definition) is 2. The molecule has 1 aromatic rings. The lowest BCUT2D eigenvalue weighted by Gasteiger charge is -2.28. The van der Waals surface area contributed by atoms with Gasteiger partial charge in [-0.1, -0.05) is 18.2 Å². The molecule has 0 bridgehead atoms. The maximum atomic E-state index is 12.4. The van der Waals surface area contributed by atoms with Crippen molar-refractivity contribution in [3.05, 3.63) is 30.3 Å². The van der Waals surface area contributed by atoms with Crippen molar-refractivity contribution >= 4 is 17.6 Å². The van der Waals surface area contributed by atoms with Crippen LogP contribution >= 0.6 is 0 Å². The number of para-hydroxylation sites is 1. The first-order chi connectivity index (χ1) is 11.5. The van der Waals surface area contributed by atoms with Crippen LogP contribution in [-0.2, 0) is 9.59 Å². The van der Waals surface area contributed by atoms with Crippen LogP contribution in [0.3, 0.4) is 0 Å². The largest absolute Gasteiger partial charge is 0.480 e. The molecular weight excluding hydrogens is 306 g/mol. The number of aliphatic carboxylic acids is 1. The summed E-state index contributed by atoms with van der Waals surface area (Å²) < 4.78 is 0. The van der Waals surface area contributed by atoms with Crippen molar-refractivity contribution in [2.45, 2.75) is 38.3 Å². The van der Waals surface area contributed by atoms with Gasteiger partial charge in [-0.05, 0) is 51.9 Å². The Labute approximate surface area is 143 Å². The summed E-state index contributed by atoms with van der Waals surface area (Å²) in [5, 5.41) is 11.9. The molecule has 2 unspecified atom stereocenters. The van der Waals surface area contributed by atoms with E-state index < -0.39 is 5.97 Å². The van der Waals surface area contributed by atoms with Gasteiger partial charge >= 0.3 is 5.97 Å². The molecule has 1 heterocycles. The Morgan fingerprint density at radius 1 is 1.29 bits per heavy atom. The SMILES string of the molecule is CC(C(=O)Nc1ccccc1)N1CCCC(N(C)CC(=O)O)CC1. The molecule has 24 heavy (non-hydrogen) atoms. The number of benzene rings is 1. The Kier molecular flexibility index (Phi) is 6.75. The van der Waals surface area contributed by atoms with E-state index in [1.165, 1.54) is 0 Å². The van der Waals surface area contributed by atoms with Gasteiger partial charge in [0, 0.05) is 18.3 Å². The summed E-state index contributed by atoms with van der Waals surface area (Å²) in [5.41, 5.74) is 0.809. The van der Waals surface area contributed by atoms with Crippen LogP contribution in [0.4, 0.5) is 5.69 Å². The highest BCUT2D eigenvalue weighted by molar-refractivity contribution is 5.94. The van der Waals surface area contributed by atoms with Gasteiger partial charge in [0.05, 0.1) is 12.6 Å². The van der Waals surface area contributed by atoms with E-state index in [0.29, 0.717) is 0 Å². The zero-order valence-corrected chi connectivity index (χ0v) is 14.4. The summed E-state index contributed by atoms with van der Waals surface area (Å²) in [6.07, 6.45) is 2.82. The Balaban J connectivity index is 1.88. The van der Waals surface area contributed by atoms with Crippen molar-refractivity contribution in [3.8, 4) is 0 Å². The topological polar surface area (TPSA) is 72.9 Å². The number of hydrogen-bond acceptors (Lipinski definition) is 4. The Morgan fingerprint density at radius 2 is 2.00 bits per heavy atom. The second-order valence-corrected chi connectivity index (χ2v) is 6.46. The van der Waals surface area contributed by atoms with Crippen molar-refractivity contribution in [1.29, 1.82) is 0 Å². The number of nitrogens with zero attached hydrogens (tertiary/aromatic N) is 2. The number of carboxylic acids is 1. The van der Waals surface area contributed by atoms with Crippen LogP contribution in [-0.4, -0.2) is 65.5 Å². The molecule has 1 aromatic carbocycles. The predicted octanol–water partition coefficient (Wildman–Crippen LogP) is 1.88. The second-order valence-electron chi connectivity index (χ2n) is 6.46. The number of carbonyl (C=O) groups is 2. The number of carboxylic acid groups (broad SMARTS) is 1. The van der Waals surface area contributed by atoms with Crippen molar-refractivity contribution in [2.24, 2.45) is 0 Å². The predicted molar refractivity (Wildman–Crippen MR) is 94.0 cm³/mol. The summed E-state index contributed by atoms with van der Waals surface area (Å²) in [6.45, 7) is 3.66. The van der Waals surface area contributed by atoms with Crippen LogP contribution in [0.15, 0.2) is 30.3 Å². The molecule has 2 rings (SSSR count). The highest BCUT2D eigenvalue weighted by Crippen LogP contribution is 2.18. The average molecular weight is 333 g/mol. The summed E-state index contributed by atoms with van der Waals surface area (Å²) in [4.78, 5) is 27.4. The molecule has 0 aliphatic carbocycles. The number of amides is 1. The van der Waals surface area contributed by atoms with Gasteiger partial charge < -0.3 is 10.4 Å². The van der Waals surface area contributed by atoms with Gasteiger partial charge in [-0.15, -0.1) is 0 Å². The van der Waals surface area contributed by atoms with Crippen molar-refractivity contribution in [3.63, 3.8) is 0 Å². The second kappa shape index (κ2) is 8.80. The van der Waals surface area contributed by atoms with E-state index in [4.69, 9.17) is 5.11 Å². The third kappa shape index (κ3) is 5.32. The van der Waals surface area contributed by atoms with E-state index in [1.807, 2.05) is 49.2 Å². The van der Waals surface area contributed by atoms with Crippen molar-refractivity contribution in [1.82, 2.24) is 9.80 Å². The van der Waals surface area contributed by atoms with Crippen LogP contribution in [0.1, 0.15) is 26.2 Å². The van der Waals surface area contributed by atoms with Gasteiger partial charge in [0.25, 0.3) is 0 Å².